The highest BCUT2D eigenvalue weighted by atomic mass is 16.5. The third-order valence-electron chi connectivity index (χ3n) is 9.54. The van der Waals surface area contributed by atoms with Crippen molar-refractivity contribution in [1.29, 1.82) is 0 Å². The maximum Gasteiger partial charge on any atom is 0.315 e. The van der Waals surface area contributed by atoms with Crippen molar-refractivity contribution in [2.75, 3.05) is 38.7 Å². The molecule has 2 aromatic heterocycles. The van der Waals surface area contributed by atoms with Crippen LogP contribution in [-0.2, 0) is 37.2 Å². The second-order valence-corrected chi connectivity index (χ2v) is 12.7. The zero-order valence-corrected chi connectivity index (χ0v) is 28.0. The van der Waals surface area contributed by atoms with Crippen molar-refractivity contribution in [2.45, 2.75) is 78.0 Å². The molecule has 2 aliphatic heterocycles. The largest absolute Gasteiger partial charge is 0.496 e. The Labute approximate surface area is 278 Å². The van der Waals surface area contributed by atoms with Crippen LogP contribution in [0, 0.1) is 5.92 Å². The number of hydrogen-bond donors (Lipinski definition) is 4. The lowest BCUT2D eigenvalue weighted by atomic mass is 9.89. The molecule has 4 aromatic rings. The number of carbonyl (C=O) groups excluding carboxylic acids is 1. The molecule has 4 N–H and O–H groups in total. The summed E-state index contributed by atoms with van der Waals surface area (Å²) in [6.07, 6.45) is 8.05. The molecule has 0 atom stereocenters. The van der Waals surface area contributed by atoms with E-state index < -0.39 is 0 Å². The van der Waals surface area contributed by atoms with Crippen molar-refractivity contribution in [3.8, 4) is 16.9 Å². The summed E-state index contributed by atoms with van der Waals surface area (Å²) in [4.78, 5) is 18.2. The van der Waals surface area contributed by atoms with E-state index >= 15 is 0 Å². The molecular formula is C37H49N7O3. The molecule has 6 rings (SSSR count). The van der Waals surface area contributed by atoms with Crippen LogP contribution in [0.5, 0.6) is 5.75 Å². The van der Waals surface area contributed by atoms with Crippen molar-refractivity contribution in [3.63, 3.8) is 0 Å². The van der Waals surface area contributed by atoms with Crippen LogP contribution >= 0.6 is 0 Å². The van der Waals surface area contributed by atoms with E-state index in [2.05, 4.69) is 70.5 Å². The number of hydrogen-bond acceptors (Lipinski definition) is 7. The molecule has 0 unspecified atom stereocenters. The SMILES string of the molecule is CCc1nc2c(cnn2CC)c(NC2CCOCC2)c1CNC(=O)NCc1ccc(OC)c(-c2cccc(CC3CCNCC3)c2)c1. The number of nitrogens with one attached hydrogen (secondary N) is 4. The number of anilines is 1. The normalized spacial score (nSPS) is 15.9. The summed E-state index contributed by atoms with van der Waals surface area (Å²) in [5.41, 5.74) is 8.38. The third kappa shape index (κ3) is 7.88. The van der Waals surface area contributed by atoms with Gasteiger partial charge in [-0.05, 0) is 93.3 Å². The summed E-state index contributed by atoms with van der Waals surface area (Å²) in [5.74, 6) is 1.54. The van der Waals surface area contributed by atoms with E-state index in [1.54, 1.807) is 7.11 Å². The second kappa shape index (κ2) is 15.6. The van der Waals surface area contributed by atoms with E-state index in [0.717, 1.165) is 115 Å². The predicted molar refractivity (Wildman–Crippen MR) is 187 cm³/mol. The van der Waals surface area contributed by atoms with Gasteiger partial charge in [0.25, 0.3) is 0 Å². The number of aryl methyl sites for hydroxylation is 2. The van der Waals surface area contributed by atoms with Crippen LogP contribution in [0.3, 0.4) is 0 Å². The molecule has 10 nitrogen and oxygen atoms in total. The van der Waals surface area contributed by atoms with E-state index in [9.17, 15) is 4.79 Å². The molecule has 0 aliphatic carbocycles. The molecule has 0 bridgehead atoms. The molecule has 2 aliphatic rings. The zero-order chi connectivity index (χ0) is 32.6. The molecule has 2 saturated heterocycles. The summed E-state index contributed by atoms with van der Waals surface area (Å²) >= 11 is 0. The molecule has 10 heteroatoms. The van der Waals surface area contributed by atoms with Gasteiger partial charge in [0.1, 0.15) is 5.75 Å². The molecule has 47 heavy (non-hydrogen) atoms. The van der Waals surface area contributed by atoms with Gasteiger partial charge in [0.15, 0.2) is 5.65 Å². The van der Waals surface area contributed by atoms with Crippen LogP contribution in [-0.4, -0.2) is 60.3 Å². The number of aromatic nitrogens is 3. The maximum atomic E-state index is 13.2. The fourth-order valence-corrected chi connectivity index (χ4v) is 6.89. The van der Waals surface area contributed by atoms with Gasteiger partial charge in [-0.3, -0.25) is 0 Å². The molecule has 250 valence electrons. The van der Waals surface area contributed by atoms with E-state index in [1.165, 1.54) is 18.4 Å². The Bertz CT molecular complexity index is 1660. The topological polar surface area (TPSA) is 114 Å². The minimum absolute atomic E-state index is 0.227. The predicted octanol–water partition coefficient (Wildman–Crippen LogP) is 5.82. The van der Waals surface area contributed by atoms with Gasteiger partial charge >= 0.3 is 6.03 Å². The number of nitrogens with zero attached hydrogens (tertiary/aromatic N) is 3. The van der Waals surface area contributed by atoms with Crippen molar-refractivity contribution < 1.29 is 14.3 Å². The average molecular weight is 640 g/mol. The van der Waals surface area contributed by atoms with Gasteiger partial charge in [0.2, 0.25) is 0 Å². The summed E-state index contributed by atoms with van der Waals surface area (Å²) in [7, 11) is 1.71. The molecule has 4 heterocycles. The zero-order valence-electron chi connectivity index (χ0n) is 28.0. The van der Waals surface area contributed by atoms with Gasteiger partial charge in [0, 0.05) is 55.7 Å². The number of pyridine rings is 1. The summed E-state index contributed by atoms with van der Waals surface area (Å²) in [6.45, 7) is 9.37. The average Bonchev–Trinajstić information content (AvgIpc) is 3.54. The molecule has 2 aromatic carbocycles. The molecular weight excluding hydrogens is 590 g/mol. The van der Waals surface area contributed by atoms with Gasteiger partial charge in [-0.1, -0.05) is 37.3 Å². The minimum atomic E-state index is -0.227. The smallest absolute Gasteiger partial charge is 0.315 e. The van der Waals surface area contributed by atoms with E-state index in [0.29, 0.717) is 19.1 Å². The molecule has 2 amide bonds. The van der Waals surface area contributed by atoms with E-state index in [4.69, 9.17) is 14.5 Å². The van der Waals surface area contributed by atoms with Gasteiger partial charge < -0.3 is 30.7 Å². The number of carbonyl (C=O) groups is 1. The lowest BCUT2D eigenvalue weighted by Gasteiger charge is -2.26. The summed E-state index contributed by atoms with van der Waals surface area (Å²) in [6, 6.07) is 15.0. The first-order valence-corrected chi connectivity index (χ1v) is 17.3. The van der Waals surface area contributed by atoms with Gasteiger partial charge in [-0.15, -0.1) is 0 Å². The van der Waals surface area contributed by atoms with Crippen molar-refractivity contribution in [1.82, 2.24) is 30.7 Å². The number of fused-ring (bicyclic) bond motifs is 1. The highest BCUT2D eigenvalue weighted by Gasteiger charge is 2.22. The van der Waals surface area contributed by atoms with Crippen LogP contribution in [0.2, 0.25) is 0 Å². The highest BCUT2D eigenvalue weighted by molar-refractivity contribution is 5.92. The van der Waals surface area contributed by atoms with Gasteiger partial charge in [-0.25, -0.2) is 14.5 Å². The van der Waals surface area contributed by atoms with Crippen LogP contribution in [0.15, 0.2) is 48.7 Å². The lowest BCUT2D eigenvalue weighted by molar-refractivity contribution is 0.0904. The second-order valence-electron chi connectivity index (χ2n) is 12.7. The van der Waals surface area contributed by atoms with Crippen molar-refractivity contribution >= 4 is 22.8 Å². The number of urea groups is 1. The molecule has 0 radical (unpaired) electrons. The van der Waals surface area contributed by atoms with Gasteiger partial charge in [0.05, 0.1) is 24.4 Å². The quantitative estimate of drug-likeness (QED) is 0.154. The number of amides is 2. The van der Waals surface area contributed by atoms with Crippen LogP contribution < -0.4 is 26.0 Å². The standard InChI is InChI=1S/C37H49N7O3/c1-4-33-31(35(42-29-13-17-47-18-14-29)32-24-41-44(5-2)36(32)43-33)23-40-37(45)39-22-27-9-10-34(46-3)30(21-27)28-8-6-7-26(20-28)19-25-11-15-38-16-12-25/h6-10,20-21,24-25,29,38H,4-5,11-19,22-23H2,1-3H3,(H,42,43)(H2,39,40,45). The van der Waals surface area contributed by atoms with Crippen LogP contribution in [0.1, 0.15) is 61.9 Å². The molecule has 0 spiro atoms. The Morgan fingerprint density at radius 3 is 2.60 bits per heavy atom. The Morgan fingerprint density at radius 1 is 1.02 bits per heavy atom. The minimum Gasteiger partial charge on any atom is -0.496 e. The Morgan fingerprint density at radius 2 is 1.83 bits per heavy atom. The van der Waals surface area contributed by atoms with Crippen molar-refractivity contribution in [2.24, 2.45) is 5.92 Å². The van der Waals surface area contributed by atoms with E-state index in [1.807, 2.05) is 23.0 Å². The number of benzene rings is 2. The first-order valence-electron chi connectivity index (χ1n) is 17.3. The van der Waals surface area contributed by atoms with Crippen LogP contribution in [0.4, 0.5) is 10.5 Å². The number of rotatable bonds is 12. The molecule has 2 fully saturated rings. The Hall–Kier alpha value is -4.15. The van der Waals surface area contributed by atoms with Crippen molar-refractivity contribution in [3.05, 3.63) is 71.0 Å². The monoisotopic (exact) mass is 639 g/mol. The fraction of sp³-hybridized carbons (Fsp3) is 0.486. The number of methoxy groups -OCH3 is 1. The number of piperidine rings is 1. The first-order chi connectivity index (χ1) is 23.1. The van der Waals surface area contributed by atoms with E-state index in [-0.39, 0.29) is 6.03 Å². The first kappa shape index (κ1) is 32.8. The maximum absolute atomic E-state index is 13.2. The summed E-state index contributed by atoms with van der Waals surface area (Å²) in [5, 5.41) is 19.0. The number of ether oxygens (including phenoxy) is 2. The lowest BCUT2D eigenvalue weighted by Crippen LogP contribution is -2.35. The highest BCUT2D eigenvalue weighted by Crippen LogP contribution is 2.33. The fourth-order valence-electron chi connectivity index (χ4n) is 6.89. The Balaban J connectivity index is 1.15. The Kier molecular flexibility index (Phi) is 10.9. The van der Waals surface area contributed by atoms with Crippen LogP contribution in [0.25, 0.3) is 22.2 Å². The van der Waals surface area contributed by atoms with Gasteiger partial charge in [-0.2, -0.15) is 5.10 Å². The summed E-state index contributed by atoms with van der Waals surface area (Å²) < 4.78 is 13.3. The molecule has 0 saturated carbocycles. The third-order valence-corrected chi connectivity index (χ3v) is 9.54.